The van der Waals surface area contributed by atoms with Gasteiger partial charge in [0.15, 0.2) is 0 Å². The van der Waals surface area contributed by atoms with E-state index >= 15 is 0 Å². The summed E-state index contributed by atoms with van der Waals surface area (Å²) in [5, 5.41) is 0. The molecule has 1 saturated heterocycles. The van der Waals surface area contributed by atoms with Crippen LogP contribution in [0.5, 0.6) is 0 Å². The van der Waals surface area contributed by atoms with Crippen LogP contribution < -0.4 is 5.73 Å². The zero-order chi connectivity index (χ0) is 7.56. The Hall–Kier alpha value is -0.0800. The van der Waals surface area contributed by atoms with E-state index in [1.807, 2.05) is 0 Å². The molecule has 1 fully saturated rings. The Morgan fingerprint density at radius 2 is 2.20 bits per heavy atom. The van der Waals surface area contributed by atoms with Crippen LogP contribution in [-0.2, 0) is 0 Å². The van der Waals surface area contributed by atoms with Crippen molar-refractivity contribution >= 4 is 0 Å². The third kappa shape index (κ3) is 1.70. The highest BCUT2D eigenvalue weighted by atomic mass is 15.2. The molecule has 60 valence electrons. The third-order valence-electron chi connectivity index (χ3n) is 2.29. The predicted octanol–water partition coefficient (Wildman–Crippen LogP) is 0.675. The fourth-order valence-corrected chi connectivity index (χ4v) is 1.59. The molecule has 1 rings (SSSR count). The van der Waals surface area contributed by atoms with Crippen LogP contribution in [0.1, 0.15) is 20.3 Å². The average Bonchev–Trinajstić information content (AvgIpc) is 2.14. The van der Waals surface area contributed by atoms with Gasteiger partial charge in [0, 0.05) is 19.1 Å². The normalized spacial score (nSPS) is 35.1. The molecule has 2 N–H and O–H groups in total. The Labute approximate surface area is 63.4 Å². The minimum absolute atomic E-state index is 0.423. The van der Waals surface area contributed by atoms with Gasteiger partial charge in [-0.05, 0) is 18.9 Å². The lowest BCUT2D eigenvalue weighted by Crippen LogP contribution is -2.28. The lowest BCUT2D eigenvalue weighted by Gasteiger charge is -2.12. The molecule has 0 aromatic carbocycles. The van der Waals surface area contributed by atoms with E-state index < -0.39 is 0 Å². The highest BCUT2D eigenvalue weighted by molar-refractivity contribution is 4.83. The zero-order valence-corrected chi connectivity index (χ0v) is 7.01. The van der Waals surface area contributed by atoms with E-state index in [4.69, 9.17) is 5.73 Å². The second-order valence-corrected chi connectivity index (χ2v) is 3.40. The molecule has 0 spiro atoms. The van der Waals surface area contributed by atoms with Crippen molar-refractivity contribution in [3.8, 4) is 0 Å². The largest absolute Gasteiger partial charge is 0.326 e. The minimum atomic E-state index is 0.423. The van der Waals surface area contributed by atoms with E-state index in [1.165, 1.54) is 19.5 Å². The number of hydrogen-bond acceptors (Lipinski definition) is 2. The van der Waals surface area contributed by atoms with Gasteiger partial charge >= 0.3 is 0 Å². The van der Waals surface area contributed by atoms with Gasteiger partial charge in [0.2, 0.25) is 0 Å². The summed E-state index contributed by atoms with van der Waals surface area (Å²) < 4.78 is 0. The quantitative estimate of drug-likeness (QED) is 0.614. The van der Waals surface area contributed by atoms with Crippen LogP contribution in [0.3, 0.4) is 0 Å². The van der Waals surface area contributed by atoms with E-state index in [-0.39, 0.29) is 0 Å². The van der Waals surface area contributed by atoms with E-state index in [1.54, 1.807) is 0 Å². The Bertz CT molecular complexity index is 93.4. The van der Waals surface area contributed by atoms with Crippen LogP contribution in [0.2, 0.25) is 0 Å². The minimum Gasteiger partial charge on any atom is -0.326 e. The monoisotopic (exact) mass is 142 g/mol. The van der Waals surface area contributed by atoms with Gasteiger partial charge < -0.3 is 10.6 Å². The summed E-state index contributed by atoms with van der Waals surface area (Å²) in [5.41, 5.74) is 5.86. The molecule has 0 amide bonds. The molecular formula is C8H18N2. The number of nitrogens with two attached hydrogens (primary N) is 1. The van der Waals surface area contributed by atoms with Gasteiger partial charge in [-0.3, -0.25) is 0 Å². The number of likely N-dealkylation sites (tertiary alicyclic amines) is 1. The smallest absolute Gasteiger partial charge is 0.0206 e. The van der Waals surface area contributed by atoms with Crippen LogP contribution >= 0.6 is 0 Å². The van der Waals surface area contributed by atoms with Crippen molar-refractivity contribution in [1.82, 2.24) is 4.90 Å². The molecule has 0 aliphatic carbocycles. The molecule has 1 aliphatic rings. The maximum atomic E-state index is 5.86. The Morgan fingerprint density at radius 1 is 1.50 bits per heavy atom. The van der Waals surface area contributed by atoms with E-state index in [0.717, 1.165) is 6.54 Å². The summed E-state index contributed by atoms with van der Waals surface area (Å²) >= 11 is 0. The summed E-state index contributed by atoms with van der Waals surface area (Å²) in [4.78, 5) is 2.45. The lowest BCUT2D eigenvalue weighted by molar-refractivity contribution is 0.327. The van der Waals surface area contributed by atoms with Crippen LogP contribution in [0.4, 0.5) is 0 Å². The van der Waals surface area contributed by atoms with Crippen molar-refractivity contribution in [2.24, 2.45) is 11.7 Å². The van der Waals surface area contributed by atoms with Crippen molar-refractivity contribution in [3.63, 3.8) is 0 Å². The van der Waals surface area contributed by atoms with Crippen molar-refractivity contribution < 1.29 is 0 Å². The summed E-state index contributed by atoms with van der Waals surface area (Å²) in [5.74, 6) is 0.701. The highest BCUT2D eigenvalue weighted by Gasteiger charge is 2.25. The fraction of sp³-hybridized carbons (Fsp3) is 1.00. The summed E-state index contributed by atoms with van der Waals surface area (Å²) in [6.45, 7) is 7.98. The van der Waals surface area contributed by atoms with Crippen LogP contribution in [-0.4, -0.2) is 30.6 Å². The first-order chi connectivity index (χ1) is 4.74. The van der Waals surface area contributed by atoms with E-state index in [0.29, 0.717) is 12.0 Å². The Balaban J connectivity index is 2.27. The summed E-state index contributed by atoms with van der Waals surface area (Å²) in [7, 11) is 0. The first kappa shape index (κ1) is 8.02. The molecule has 1 aliphatic heterocycles. The van der Waals surface area contributed by atoms with Crippen molar-refractivity contribution in [2.45, 2.75) is 26.3 Å². The molecule has 0 radical (unpaired) electrons. The van der Waals surface area contributed by atoms with Gasteiger partial charge in [0.1, 0.15) is 0 Å². The van der Waals surface area contributed by atoms with Gasteiger partial charge in [-0.15, -0.1) is 0 Å². The second kappa shape index (κ2) is 3.35. The molecule has 0 saturated carbocycles. The molecule has 0 bridgehead atoms. The van der Waals surface area contributed by atoms with Crippen molar-refractivity contribution in [3.05, 3.63) is 0 Å². The molecule has 0 aromatic rings. The standard InChI is InChI=1S/C8H18N2/c1-3-4-10-5-7(2)8(9)6-10/h7-8H,3-6,9H2,1-2H3. The highest BCUT2D eigenvalue weighted by Crippen LogP contribution is 2.13. The molecule has 2 atom stereocenters. The van der Waals surface area contributed by atoms with Crippen molar-refractivity contribution in [1.29, 1.82) is 0 Å². The molecular weight excluding hydrogens is 124 g/mol. The topological polar surface area (TPSA) is 29.3 Å². The van der Waals surface area contributed by atoms with Gasteiger partial charge in [-0.25, -0.2) is 0 Å². The zero-order valence-electron chi connectivity index (χ0n) is 7.01. The van der Waals surface area contributed by atoms with Crippen molar-refractivity contribution in [2.75, 3.05) is 19.6 Å². The predicted molar refractivity (Wildman–Crippen MR) is 43.9 cm³/mol. The van der Waals surface area contributed by atoms with Crippen LogP contribution in [0.15, 0.2) is 0 Å². The maximum Gasteiger partial charge on any atom is 0.0206 e. The lowest BCUT2D eigenvalue weighted by atomic mass is 10.1. The summed E-state index contributed by atoms with van der Waals surface area (Å²) in [6.07, 6.45) is 1.25. The SMILES string of the molecule is CCCN1CC(C)C(N)C1. The summed E-state index contributed by atoms with van der Waals surface area (Å²) in [6, 6.07) is 0.423. The molecule has 2 nitrogen and oxygen atoms in total. The molecule has 0 aromatic heterocycles. The van der Waals surface area contributed by atoms with E-state index in [9.17, 15) is 0 Å². The first-order valence-corrected chi connectivity index (χ1v) is 4.22. The van der Waals surface area contributed by atoms with Gasteiger partial charge in [0.05, 0.1) is 0 Å². The number of hydrogen-bond donors (Lipinski definition) is 1. The number of nitrogens with zero attached hydrogens (tertiary/aromatic N) is 1. The van der Waals surface area contributed by atoms with Gasteiger partial charge in [0.25, 0.3) is 0 Å². The Kier molecular flexibility index (Phi) is 2.69. The third-order valence-corrected chi connectivity index (χ3v) is 2.29. The average molecular weight is 142 g/mol. The molecule has 1 heterocycles. The maximum absolute atomic E-state index is 5.86. The second-order valence-electron chi connectivity index (χ2n) is 3.40. The van der Waals surface area contributed by atoms with Crippen LogP contribution in [0, 0.1) is 5.92 Å². The first-order valence-electron chi connectivity index (χ1n) is 4.22. The van der Waals surface area contributed by atoms with Gasteiger partial charge in [-0.1, -0.05) is 13.8 Å². The van der Waals surface area contributed by atoms with E-state index in [2.05, 4.69) is 18.7 Å². The fourth-order valence-electron chi connectivity index (χ4n) is 1.59. The Morgan fingerprint density at radius 3 is 2.60 bits per heavy atom. The molecule has 2 heteroatoms. The molecule has 10 heavy (non-hydrogen) atoms. The van der Waals surface area contributed by atoms with Gasteiger partial charge in [-0.2, -0.15) is 0 Å². The van der Waals surface area contributed by atoms with Crippen LogP contribution in [0.25, 0.3) is 0 Å². The molecule has 2 unspecified atom stereocenters. The number of rotatable bonds is 2.